The van der Waals surface area contributed by atoms with Crippen LogP contribution in [0.1, 0.15) is 16.1 Å². The molecule has 0 aliphatic carbocycles. The predicted octanol–water partition coefficient (Wildman–Crippen LogP) is 1.40. The number of methoxy groups -OCH3 is 1. The van der Waals surface area contributed by atoms with Gasteiger partial charge in [-0.15, -0.1) is 0 Å². The largest absolute Gasteiger partial charge is 0.469 e. The summed E-state index contributed by atoms with van der Waals surface area (Å²) in [4.78, 5) is 32.0. The zero-order valence-corrected chi connectivity index (χ0v) is 8.58. The van der Waals surface area contributed by atoms with E-state index in [1.165, 1.54) is 19.2 Å². The molecule has 0 N–H and O–H groups in total. The summed E-state index contributed by atoms with van der Waals surface area (Å²) in [6.45, 7) is 0. The number of ether oxygens (including phenoxy) is 1. The maximum absolute atomic E-state index is 11.3. The molecule has 0 unspecified atom stereocenters. The summed E-state index contributed by atoms with van der Waals surface area (Å²) in [7, 11) is 1.17. The fraction of sp³-hybridized carbons (Fsp3) is 0.250. The fourth-order valence-electron chi connectivity index (χ4n) is 0.866. The molecule has 6 nitrogen and oxygen atoms in total. The topological polar surface area (TPSA) is 86.5 Å². The second-order valence-corrected chi connectivity index (χ2v) is 3.63. The van der Waals surface area contributed by atoms with Crippen LogP contribution in [0.5, 0.6) is 0 Å². The molecule has 1 rings (SSSR count). The van der Waals surface area contributed by atoms with Crippen molar-refractivity contribution in [2.24, 2.45) is 0 Å². The maximum atomic E-state index is 11.3. The maximum Gasteiger partial charge on any atom is 0.324 e. The van der Waals surface area contributed by atoms with E-state index in [1.807, 2.05) is 0 Å². The quantitative estimate of drug-likeness (QED) is 0.256. The third kappa shape index (κ3) is 2.84. The Morgan fingerprint density at radius 1 is 1.53 bits per heavy atom. The van der Waals surface area contributed by atoms with Gasteiger partial charge < -0.3 is 4.74 Å². The fourth-order valence-corrected chi connectivity index (χ4v) is 1.62. The highest BCUT2D eigenvalue weighted by atomic mass is 32.1. The highest BCUT2D eigenvalue weighted by molar-refractivity contribution is 7.17. The van der Waals surface area contributed by atoms with E-state index in [0.717, 1.165) is 11.3 Å². The van der Waals surface area contributed by atoms with Crippen LogP contribution in [0.15, 0.2) is 12.1 Å². The first-order valence-corrected chi connectivity index (χ1v) is 4.70. The van der Waals surface area contributed by atoms with E-state index in [2.05, 4.69) is 4.74 Å². The van der Waals surface area contributed by atoms with Crippen LogP contribution in [-0.2, 0) is 9.53 Å². The Hall–Kier alpha value is -1.76. The van der Waals surface area contributed by atoms with E-state index in [4.69, 9.17) is 0 Å². The normalized spacial score (nSPS) is 9.67. The van der Waals surface area contributed by atoms with Crippen LogP contribution in [0.3, 0.4) is 0 Å². The van der Waals surface area contributed by atoms with Crippen molar-refractivity contribution in [2.75, 3.05) is 7.11 Å². The number of hydrogen-bond donors (Lipinski definition) is 0. The first-order chi connectivity index (χ1) is 7.04. The van der Waals surface area contributed by atoms with Crippen molar-refractivity contribution < 1.29 is 19.2 Å². The summed E-state index contributed by atoms with van der Waals surface area (Å²) in [6.07, 6.45) is -0.395. The average Bonchev–Trinajstić information content (AvgIpc) is 2.66. The van der Waals surface area contributed by atoms with Gasteiger partial charge in [0, 0.05) is 6.07 Å². The average molecular weight is 229 g/mol. The number of ketones is 1. The van der Waals surface area contributed by atoms with Gasteiger partial charge in [0.2, 0.25) is 0 Å². The molecular formula is C8H7NO5S. The predicted molar refractivity (Wildman–Crippen MR) is 51.9 cm³/mol. The minimum Gasteiger partial charge on any atom is -0.469 e. The Bertz CT molecular complexity index is 411. The van der Waals surface area contributed by atoms with Crippen molar-refractivity contribution >= 4 is 28.1 Å². The van der Waals surface area contributed by atoms with Gasteiger partial charge in [-0.1, -0.05) is 11.3 Å². The van der Waals surface area contributed by atoms with Gasteiger partial charge in [-0.25, -0.2) is 0 Å². The zero-order chi connectivity index (χ0) is 11.4. The number of carbonyl (C=O) groups is 2. The molecule has 0 atom stereocenters. The highest BCUT2D eigenvalue weighted by Crippen LogP contribution is 2.24. The number of Topliss-reactive ketones (excluding diaryl/α,β-unsaturated/α-hetero) is 1. The third-order valence-electron chi connectivity index (χ3n) is 1.58. The Morgan fingerprint density at radius 2 is 2.20 bits per heavy atom. The van der Waals surface area contributed by atoms with Crippen LogP contribution in [-0.4, -0.2) is 23.8 Å². The molecule has 1 aromatic rings. The van der Waals surface area contributed by atoms with Crippen LogP contribution >= 0.6 is 11.3 Å². The van der Waals surface area contributed by atoms with Gasteiger partial charge in [0.1, 0.15) is 6.42 Å². The second-order valence-electron chi connectivity index (χ2n) is 2.57. The number of nitrogens with zero attached hydrogens (tertiary/aromatic N) is 1. The first kappa shape index (κ1) is 11.3. The minimum atomic E-state index is -0.656. The van der Waals surface area contributed by atoms with Gasteiger partial charge >= 0.3 is 11.0 Å². The lowest BCUT2D eigenvalue weighted by atomic mass is 10.2. The molecule has 1 aromatic heterocycles. The Kier molecular flexibility index (Phi) is 3.51. The molecule has 0 aliphatic rings. The Labute approximate surface area is 88.6 Å². The SMILES string of the molecule is COC(=O)CC(=O)c1ccc([N+](=O)[O-])s1. The molecule has 0 saturated carbocycles. The van der Waals surface area contributed by atoms with Crippen molar-refractivity contribution in [3.63, 3.8) is 0 Å². The summed E-state index contributed by atoms with van der Waals surface area (Å²) >= 11 is 0.745. The molecule has 0 saturated heterocycles. The van der Waals surface area contributed by atoms with Crippen molar-refractivity contribution in [1.82, 2.24) is 0 Å². The van der Waals surface area contributed by atoms with Crippen molar-refractivity contribution in [3.8, 4) is 0 Å². The smallest absolute Gasteiger partial charge is 0.324 e. The second kappa shape index (κ2) is 4.65. The molecule has 7 heteroatoms. The molecule has 0 bridgehead atoms. The zero-order valence-electron chi connectivity index (χ0n) is 7.76. The number of rotatable bonds is 4. The van der Waals surface area contributed by atoms with Crippen LogP contribution in [0, 0.1) is 10.1 Å². The number of nitro groups is 1. The Balaban J connectivity index is 2.74. The van der Waals surface area contributed by atoms with Gasteiger partial charge in [0.25, 0.3) is 0 Å². The molecule has 0 amide bonds. The molecule has 0 aromatic carbocycles. The van der Waals surface area contributed by atoms with Crippen molar-refractivity contribution in [1.29, 1.82) is 0 Å². The summed E-state index contributed by atoms with van der Waals surface area (Å²) in [6, 6.07) is 2.56. The van der Waals surface area contributed by atoms with E-state index in [1.54, 1.807) is 0 Å². The summed E-state index contributed by atoms with van der Waals surface area (Å²) in [5, 5.41) is 10.2. The standard InChI is InChI=1S/C8H7NO5S/c1-14-8(11)4-5(10)6-2-3-7(15-6)9(12)13/h2-3H,4H2,1H3. The number of thiophene rings is 1. The van der Waals surface area contributed by atoms with Crippen molar-refractivity contribution in [3.05, 3.63) is 27.1 Å². The Morgan fingerprint density at radius 3 is 2.67 bits per heavy atom. The summed E-state index contributed by atoms with van der Waals surface area (Å²) in [5.41, 5.74) is 0. The molecule has 0 radical (unpaired) electrons. The lowest BCUT2D eigenvalue weighted by Gasteiger charge is -1.95. The van der Waals surface area contributed by atoms with Crippen molar-refractivity contribution in [2.45, 2.75) is 6.42 Å². The molecule has 1 heterocycles. The van der Waals surface area contributed by atoms with Crippen LogP contribution in [0.25, 0.3) is 0 Å². The van der Waals surface area contributed by atoms with Crippen LogP contribution < -0.4 is 0 Å². The lowest BCUT2D eigenvalue weighted by molar-refractivity contribution is -0.380. The van der Waals surface area contributed by atoms with Gasteiger partial charge in [-0.3, -0.25) is 19.7 Å². The number of hydrogen-bond acceptors (Lipinski definition) is 6. The van der Waals surface area contributed by atoms with Gasteiger partial charge in [0.15, 0.2) is 5.78 Å². The van der Waals surface area contributed by atoms with E-state index in [-0.39, 0.29) is 9.88 Å². The first-order valence-electron chi connectivity index (χ1n) is 3.89. The highest BCUT2D eigenvalue weighted by Gasteiger charge is 2.17. The molecule has 0 aliphatic heterocycles. The molecule has 0 fully saturated rings. The molecule has 80 valence electrons. The van der Waals surface area contributed by atoms with E-state index >= 15 is 0 Å². The van der Waals surface area contributed by atoms with Crippen LogP contribution in [0.2, 0.25) is 0 Å². The van der Waals surface area contributed by atoms with Gasteiger partial charge in [0.05, 0.1) is 16.9 Å². The van der Waals surface area contributed by atoms with Gasteiger partial charge in [-0.2, -0.15) is 0 Å². The van der Waals surface area contributed by atoms with Crippen LogP contribution in [0.4, 0.5) is 5.00 Å². The monoisotopic (exact) mass is 229 g/mol. The summed E-state index contributed by atoms with van der Waals surface area (Å²) in [5.74, 6) is -1.13. The lowest BCUT2D eigenvalue weighted by Crippen LogP contribution is -2.07. The van der Waals surface area contributed by atoms with E-state index in [0.29, 0.717) is 0 Å². The minimum absolute atomic E-state index is 0.122. The van der Waals surface area contributed by atoms with Gasteiger partial charge in [-0.05, 0) is 6.07 Å². The van der Waals surface area contributed by atoms with E-state index < -0.39 is 23.1 Å². The summed E-state index contributed by atoms with van der Waals surface area (Å²) < 4.78 is 4.31. The number of esters is 1. The van der Waals surface area contributed by atoms with E-state index in [9.17, 15) is 19.7 Å². The molecular weight excluding hydrogens is 222 g/mol. The third-order valence-corrected chi connectivity index (χ3v) is 2.66. The molecule has 15 heavy (non-hydrogen) atoms. The molecule has 0 spiro atoms. The number of carbonyl (C=O) groups excluding carboxylic acids is 2.